The normalized spacial score (nSPS) is 20.3. The number of piperidine rings is 1. The Morgan fingerprint density at radius 3 is 2.37 bits per heavy atom. The van der Waals surface area contributed by atoms with Crippen LogP contribution in [0.5, 0.6) is 11.5 Å². The number of nitrogens with zero attached hydrogens (tertiary/aromatic N) is 1. The zero-order valence-corrected chi connectivity index (χ0v) is 16.9. The van der Waals surface area contributed by atoms with E-state index in [1.165, 1.54) is 0 Å². The standard InChI is InChI=1S/C21H31NO5/c1-6-26-17-9-8-15(12-18(17)27-7-2)21(4,5)20(25)22-11-10-16(19(23)24)14(3)13-22/h8-9,12,14,16H,6-7,10-11,13H2,1-5H3,(H,23,24). The molecule has 0 aromatic heterocycles. The van der Waals surface area contributed by atoms with Gasteiger partial charge >= 0.3 is 5.97 Å². The van der Waals surface area contributed by atoms with Crippen molar-refractivity contribution >= 4 is 11.9 Å². The summed E-state index contributed by atoms with van der Waals surface area (Å²) < 4.78 is 11.3. The van der Waals surface area contributed by atoms with Crippen molar-refractivity contribution in [3.63, 3.8) is 0 Å². The quantitative estimate of drug-likeness (QED) is 0.789. The summed E-state index contributed by atoms with van der Waals surface area (Å²) in [4.78, 5) is 26.3. The van der Waals surface area contributed by atoms with E-state index in [-0.39, 0.29) is 17.7 Å². The van der Waals surface area contributed by atoms with Gasteiger partial charge in [0, 0.05) is 13.1 Å². The average molecular weight is 377 g/mol. The number of carboxylic acids is 1. The van der Waals surface area contributed by atoms with Crippen LogP contribution in [-0.4, -0.2) is 48.2 Å². The Kier molecular flexibility index (Phi) is 6.73. The third kappa shape index (κ3) is 4.54. The maximum Gasteiger partial charge on any atom is 0.306 e. The smallest absolute Gasteiger partial charge is 0.306 e. The van der Waals surface area contributed by atoms with E-state index >= 15 is 0 Å². The molecule has 6 nitrogen and oxygen atoms in total. The number of carbonyl (C=O) groups excluding carboxylic acids is 1. The van der Waals surface area contributed by atoms with Gasteiger partial charge in [-0.25, -0.2) is 0 Å². The Morgan fingerprint density at radius 2 is 1.81 bits per heavy atom. The molecule has 0 bridgehead atoms. The molecule has 1 aliphatic rings. The Hall–Kier alpha value is -2.24. The number of hydrogen-bond donors (Lipinski definition) is 1. The molecule has 27 heavy (non-hydrogen) atoms. The van der Waals surface area contributed by atoms with Gasteiger partial charge in [-0.1, -0.05) is 13.0 Å². The molecule has 0 aliphatic carbocycles. The fraction of sp³-hybridized carbons (Fsp3) is 0.619. The van der Waals surface area contributed by atoms with Gasteiger partial charge in [0.15, 0.2) is 11.5 Å². The van der Waals surface area contributed by atoms with E-state index < -0.39 is 11.4 Å². The van der Waals surface area contributed by atoms with Crippen molar-refractivity contribution in [1.29, 1.82) is 0 Å². The molecule has 0 radical (unpaired) electrons. The highest BCUT2D eigenvalue weighted by Gasteiger charge is 2.39. The fourth-order valence-corrected chi connectivity index (χ4v) is 3.66. The number of benzene rings is 1. The first-order valence-corrected chi connectivity index (χ1v) is 9.64. The first-order valence-electron chi connectivity index (χ1n) is 9.64. The molecule has 2 atom stereocenters. The number of likely N-dealkylation sites (tertiary alicyclic amines) is 1. The lowest BCUT2D eigenvalue weighted by Crippen LogP contribution is -2.50. The Morgan fingerprint density at radius 1 is 1.19 bits per heavy atom. The topological polar surface area (TPSA) is 76.1 Å². The van der Waals surface area contributed by atoms with E-state index in [0.717, 1.165) is 5.56 Å². The van der Waals surface area contributed by atoms with Crippen LogP contribution < -0.4 is 9.47 Å². The molecule has 0 spiro atoms. The molecule has 1 fully saturated rings. The molecule has 1 amide bonds. The number of aliphatic carboxylic acids is 1. The van der Waals surface area contributed by atoms with Crippen molar-refractivity contribution in [1.82, 2.24) is 4.90 Å². The van der Waals surface area contributed by atoms with Gasteiger partial charge in [-0.05, 0) is 57.7 Å². The van der Waals surface area contributed by atoms with Crippen molar-refractivity contribution < 1.29 is 24.2 Å². The molecule has 2 unspecified atom stereocenters. The van der Waals surface area contributed by atoms with Crippen LogP contribution in [0.2, 0.25) is 0 Å². The Balaban J connectivity index is 2.23. The SMILES string of the molecule is CCOc1ccc(C(C)(C)C(=O)N2CCC(C(=O)O)C(C)C2)cc1OCC. The van der Waals surface area contributed by atoms with E-state index in [2.05, 4.69) is 0 Å². The predicted octanol–water partition coefficient (Wildman–Crippen LogP) is 3.33. The molecule has 1 saturated heterocycles. The summed E-state index contributed by atoms with van der Waals surface area (Å²) in [6.07, 6.45) is 0.492. The summed E-state index contributed by atoms with van der Waals surface area (Å²) in [6, 6.07) is 5.62. The molecular weight excluding hydrogens is 346 g/mol. The maximum absolute atomic E-state index is 13.2. The molecule has 6 heteroatoms. The van der Waals surface area contributed by atoms with Gasteiger partial charge < -0.3 is 19.5 Å². The van der Waals surface area contributed by atoms with Crippen LogP contribution >= 0.6 is 0 Å². The number of carbonyl (C=O) groups is 2. The predicted molar refractivity (Wildman–Crippen MR) is 103 cm³/mol. The van der Waals surface area contributed by atoms with Crippen LogP contribution in [0.1, 0.15) is 46.6 Å². The van der Waals surface area contributed by atoms with E-state index in [1.807, 2.05) is 52.8 Å². The average Bonchev–Trinajstić information content (AvgIpc) is 2.62. The van der Waals surface area contributed by atoms with E-state index in [1.54, 1.807) is 4.90 Å². The minimum atomic E-state index is -0.776. The number of rotatable bonds is 7. The van der Waals surface area contributed by atoms with Gasteiger partial charge in [0.25, 0.3) is 0 Å². The molecule has 1 aromatic carbocycles. The van der Waals surface area contributed by atoms with Crippen LogP contribution in [0.3, 0.4) is 0 Å². The molecule has 2 rings (SSSR count). The van der Waals surface area contributed by atoms with Crippen molar-refractivity contribution in [3.05, 3.63) is 23.8 Å². The molecule has 1 aliphatic heterocycles. The summed E-state index contributed by atoms with van der Waals surface area (Å²) in [6.45, 7) is 11.5. The lowest BCUT2D eigenvalue weighted by Gasteiger charge is -2.39. The van der Waals surface area contributed by atoms with Gasteiger partial charge in [0.2, 0.25) is 5.91 Å². The van der Waals surface area contributed by atoms with Gasteiger partial charge in [0.05, 0.1) is 24.5 Å². The summed E-state index contributed by atoms with van der Waals surface area (Å²) in [7, 11) is 0. The molecule has 0 saturated carbocycles. The van der Waals surface area contributed by atoms with Crippen LogP contribution in [0.25, 0.3) is 0 Å². The first kappa shape index (κ1) is 21.1. The third-order valence-electron chi connectivity index (χ3n) is 5.31. The van der Waals surface area contributed by atoms with Gasteiger partial charge in [-0.15, -0.1) is 0 Å². The minimum Gasteiger partial charge on any atom is -0.490 e. The Labute approximate surface area is 161 Å². The molecule has 1 aromatic rings. The van der Waals surface area contributed by atoms with Gasteiger partial charge in [-0.3, -0.25) is 9.59 Å². The summed E-state index contributed by atoms with van der Waals surface area (Å²) in [5.74, 6) is 0.0898. The molecule has 150 valence electrons. The third-order valence-corrected chi connectivity index (χ3v) is 5.31. The summed E-state index contributed by atoms with van der Waals surface area (Å²) >= 11 is 0. The highest BCUT2D eigenvalue weighted by Crippen LogP contribution is 2.36. The van der Waals surface area contributed by atoms with Crippen LogP contribution in [0, 0.1) is 11.8 Å². The largest absolute Gasteiger partial charge is 0.490 e. The number of carboxylic acid groups (broad SMARTS) is 1. The highest BCUT2D eigenvalue weighted by molar-refractivity contribution is 5.88. The lowest BCUT2D eigenvalue weighted by molar-refractivity contribution is -0.149. The van der Waals surface area contributed by atoms with Crippen molar-refractivity contribution in [2.75, 3.05) is 26.3 Å². The Bertz CT molecular complexity index is 685. The summed E-state index contributed by atoms with van der Waals surface area (Å²) in [5.41, 5.74) is 0.110. The number of ether oxygens (including phenoxy) is 2. The minimum absolute atomic E-state index is 0.00444. The maximum atomic E-state index is 13.2. The fourth-order valence-electron chi connectivity index (χ4n) is 3.66. The molecule has 1 N–H and O–H groups in total. The van der Waals surface area contributed by atoms with E-state index in [0.29, 0.717) is 44.2 Å². The molecule has 1 heterocycles. The van der Waals surface area contributed by atoms with Crippen LogP contribution in [0.4, 0.5) is 0 Å². The van der Waals surface area contributed by atoms with Crippen molar-refractivity contribution in [3.8, 4) is 11.5 Å². The second-order valence-electron chi connectivity index (χ2n) is 7.61. The van der Waals surface area contributed by atoms with E-state index in [4.69, 9.17) is 9.47 Å². The summed E-state index contributed by atoms with van der Waals surface area (Å²) in [5, 5.41) is 9.29. The van der Waals surface area contributed by atoms with Crippen LogP contribution in [0.15, 0.2) is 18.2 Å². The number of amides is 1. The van der Waals surface area contributed by atoms with Crippen molar-refractivity contribution in [2.24, 2.45) is 11.8 Å². The zero-order chi connectivity index (χ0) is 20.2. The zero-order valence-electron chi connectivity index (χ0n) is 16.9. The van der Waals surface area contributed by atoms with Gasteiger partial charge in [0.1, 0.15) is 0 Å². The lowest BCUT2D eigenvalue weighted by atomic mass is 9.80. The second kappa shape index (κ2) is 8.63. The number of hydrogen-bond acceptors (Lipinski definition) is 4. The van der Waals surface area contributed by atoms with Gasteiger partial charge in [-0.2, -0.15) is 0 Å². The van der Waals surface area contributed by atoms with Crippen molar-refractivity contribution in [2.45, 2.75) is 46.5 Å². The first-order chi connectivity index (χ1) is 12.7. The van der Waals surface area contributed by atoms with E-state index in [9.17, 15) is 14.7 Å². The highest BCUT2D eigenvalue weighted by atomic mass is 16.5. The second-order valence-corrected chi connectivity index (χ2v) is 7.61. The van der Waals surface area contributed by atoms with Crippen LogP contribution in [-0.2, 0) is 15.0 Å². The molecular formula is C21H31NO5. The monoisotopic (exact) mass is 377 g/mol.